The van der Waals surface area contributed by atoms with Gasteiger partial charge in [0.25, 0.3) is 0 Å². The summed E-state index contributed by atoms with van der Waals surface area (Å²) < 4.78 is 15.6. The third-order valence-electron chi connectivity index (χ3n) is 2.82. The van der Waals surface area contributed by atoms with Crippen molar-refractivity contribution in [2.24, 2.45) is 0 Å². The standard InChI is InChI=1S/C14H19N3O4/c1-17(7-5-6-15)14(18)16-10-8-11(19-2)13(21-4)12(9-10)20-3/h8-9H,5,7H2,1-4H3,(H,16,18). The van der Waals surface area contributed by atoms with Gasteiger partial charge in [0.05, 0.1) is 39.5 Å². The first-order chi connectivity index (χ1) is 10.1. The molecule has 0 saturated heterocycles. The van der Waals surface area contributed by atoms with E-state index < -0.39 is 0 Å². The van der Waals surface area contributed by atoms with E-state index in [1.54, 1.807) is 19.2 Å². The van der Waals surface area contributed by atoms with Crippen molar-refractivity contribution in [2.75, 3.05) is 40.2 Å². The molecule has 0 radical (unpaired) electrons. The summed E-state index contributed by atoms with van der Waals surface area (Å²) in [6, 6.07) is 4.94. The van der Waals surface area contributed by atoms with E-state index in [1.165, 1.54) is 26.2 Å². The van der Waals surface area contributed by atoms with Gasteiger partial charge in [0, 0.05) is 25.7 Å². The fourth-order valence-electron chi connectivity index (χ4n) is 1.69. The lowest BCUT2D eigenvalue weighted by Gasteiger charge is -2.18. The van der Waals surface area contributed by atoms with Crippen LogP contribution < -0.4 is 19.5 Å². The zero-order chi connectivity index (χ0) is 15.8. The quantitative estimate of drug-likeness (QED) is 0.868. The summed E-state index contributed by atoms with van der Waals surface area (Å²) in [7, 11) is 6.13. The molecule has 1 rings (SSSR count). The van der Waals surface area contributed by atoms with Gasteiger partial charge in [-0.05, 0) is 0 Å². The van der Waals surface area contributed by atoms with Crippen LogP contribution in [0.25, 0.3) is 0 Å². The van der Waals surface area contributed by atoms with Gasteiger partial charge in [-0.1, -0.05) is 0 Å². The molecule has 114 valence electrons. The second kappa shape index (κ2) is 7.85. The summed E-state index contributed by atoms with van der Waals surface area (Å²) in [5.74, 6) is 1.36. The predicted molar refractivity (Wildman–Crippen MR) is 78.0 cm³/mol. The minimum Gasteiger partial charge on any atom is -0.493 e. The molecule has 21 heavy (non-hydrogen) atoms. The van der Waals surface area contributed by atoms with Crippen LogP contribution in [0, 0.1) is 11.3 Å². The lowest BCUT2D eigenvalue weighted by atomic mass is 10.2. The fourth-order valence-corrected chi connectivity index (χ4v) is 1.69. The Morgan fingerprint density at radius 1 is 1.24 bits per heavy atom. The third-order valence-corrected chi connectivity index (χ3v) is 2.82. The maximum atomic E-state index is 12.0. The Bertz CT molecular complexity index is 515. The number of amides is 2. The second-order valence-electron chi connectivity index (χ2n) is 4.17. The molecule has 7 nitrogen and oxygen atoms in total. The van der Waals surface area contributed by atoms with Gasteiger partial charge < -0.3 is 24.4 Å². The molecule has 0 unspecified atom stereocenters. The van der Waals surface area contributed by atoms with Crippen LogP contribution in [0.4, 0.5) is 10.5 Å². The summed E-state index contributed by atoms with van der Waals surface area (Å²) in [6.07, 6.45) is 0.277. The van der Waals surface area contributed by atoms with Crippen molar-refractivity contribution in [3.8, 4) is 23.3 Å². The Balaban J connectivity index is 2.94. The Hall–Kier alpha value is -2.62. The van der Waals surface area contributed by atoms with Crippen molar-refractivity contribution in [1.82, 2.24) is 4.90 Å². The minimum absolute atomic E-state index is 0.277. The molecule has 0 fully saturated rings. The summed E-state index contributed by atoms with van der Waals surface area (Å²) in [5.41, 5.74) is 0.512. The van der Waals surface area contributed by atoms with Crippen LogP contribution in [0.1, 0.15) is 6.42 Å². The van der Waals surface area contributed by atoms with Crippen molar-refractivity contribution in [2.45, 2.75) is 6.42 Å². The summed E-state index contributed by atoms with van der Waals surface area (Å²) >= 11 is 0. The largest absolute Gasteiger partial charge is 0.493 e. The maximum Gasteiger partial charge on any atom is 0.321 e. The first-order valence-electron chi connectivity index (χ1n) is 6.26. The molecule has 0 aliphatic rings. The smallest absolute Gasteiger partial charge is 0.321 e. The molecule has 0 heterocycles. The summed E-state index contributed by atoms with van der Waals surface area (Å²) in [4.78, 5) is 13.4. The number of methoxy groups -OCH3 is 3. The molecule has 0 aliphatic carbocycles. The van der Waals surface area contributed by atoms with Crippen LogP contribution in [-0.2, 0) is 0 Å². The maximum absolute atomic E-state index is 12.0. The van der Waals surface area contributed by atoms with Crippen LogP contribution >= 0.6 is 0 Å². The average molecular weight is 293 g/mol. The molecule has 1 aromatic carbocycles. The van der Waals surface area contributed by atoms with E-state index in [-0.39, 0.29) is 12.5 Å². The number of ether oxygens (including phenoxy) is 3. The van der Waals surface area contributed by atoms with E-state index >= 15 is 0 Å². The van der Waals surface area contributed by atoms with E-state index in [0.717, 1.165) is 0 Å². The Morgan fingerprint density at radius 2 is 1.81 bits per heavy atom. The van der Waals surface area contributed by atoms with Crippen molar-refractivity contribution < 1.29 is 19.0 Å². The molecule has 0 aromatic heterocycles. The highest BCUT2D eigenvalue weighted by atomic mass is 16.5. The Kier molecular flexibility index (Phi) is 6.14. The van der Waals surface area contributed by atoms with Crippen molar-refractivity contribution >= 4 is 11.7 Å². The molecular formula is C14H19N3O4. The highest BCUT2D eigenvalue weighted by Crippen LogP contribution is 2.39. The molecule has 0 bridgehead atoms. The van der Waals surface area contributed by atoms with Crippen molar-refractivity contribution in [1.29, 1.82) is 5.26 Å². The molecule has 1 aromatic rings. The Labute approximate surface area is 124 Å². The van der Waals surface area contributed by atoms with Crippen molar-refractivity contribution in [3.05, 3.63) is 12.1 Å². The predicted octanol–water partition coefficient (Wildman–Crippen LogP) is 2.09. The normalized spacial score (nSPS) is 9.48. The van der Waals surface area contributed by atoms with E-state index in [2.05, 4.69) is 5.32 Å². The first kappa shape index (κ1) is 16.4. The van der Waals surface area contributed by atoms with Gasteiger partial charge in [0.2, 0.25) is 5.75 Å². The van der Waals surface area contributed by atoms with E-state index in [9.17, 15) is 4.79 Å². The zero-order valence-corrected chi connectivity index (χ0v) is 12.6. The molecule has 0 atom stereocenters. The first-order valence-corrected chi connectivity index (χ1v) is 6.26. The number of carbonyl (C=O) groups excluding carboxylic acids is 1. The highest BCUT2D eigenvalue weighted by Gasteiger charge is 2.15. The molecule has 0 saturated carbocycles. The van der Waals surface area contributed by atoms with Gasteiger partial charge >= 0.3 is 6.03 Å². The molecular weight excluding hydrogens is 274 g/mol. The van der Waals surface area contributed by atoms with Crippen LogP contribution in [0.3, 0.4) is 0 Å². The highest BCUT2D eigenvalue weighted by molar-refractivity contribution is 5.90. The topological polar surface area (TPSA) is 83.8 Å². The lowest BCUT2D eigenvalue weighted by molar-refractivity contribution is 0.223. The van der Waals surface area contributed by atoms with Gasteiger partial charge in [-0.2, -0.15) is 5.26 Å². The van der Waals surface area contributed by atoms with Crippen LogP contribution in [0.15, 0.2) is 12.1 Å². The van der Waals surface area contributed by atoms with E-state index in [4.69, 9.17) is 19.5 Å². The van der Waals surface area contributed by atoms with Gasteiger partial charge in [-0.25, -0.2) is 4.79 Å². The van der Waals surface area contributed by atoms with Gasteiger partial charge in [-0.15, -0.1) is 0 Å². The number of nitrogens with one attached hydrogen (secondary N) is 1. The number of urea groups is 1. The Morgan fingerprint density at radius 3 is 2.24 bits per heavy atom. The van der Waals surface area contributed by atoms with Gasteiger partial charge in [-0.3, -0.25) is 0 Å². The summed E-state index contributed by atoms with van der Waals surface area (Å²) in [6.45, 7) is 0.354. The average Bonchev–Trinajstić information content (AvgIpc) is 2.51. The van der Waals surface area contributed by atoms with E-state index in [1.807, 2.05) is 6.07 Å². The monoisotopic (exact) mass is 293 g/mol. The molecule has 0 aliphatic heterocycles. The van der Waals surface area contributed by atoms with Crippen LogP contribution in [-0.4, -0.2) is 45.9 Å². The number of nitriles is 1. The van der Waals surface area contributed by atoms with E-state index in [0.29, 0.717) is 29.5 Å². The third kappa shape index (κ3) is 4.18. The number of benzene rings is 1. The number of nitrogens with zero attached hydrogens (tertiary/aromatic N) is 2. The number of rotatable bonds is 6. The molecule has 7 heteroatoms. The molecule has 2 amide bonds. The number of anilines is 1. The van der Waals surface area contributed by atoms with Crippen LogP contribution in [0.2, 0.25) is 0 Å². The second-order valence-corrected chi connectivity index (χ2v) is 4.17. The zero-order valence-electron chi connectivity index (χ0n) is 12.6. The number of hydrogen-bond donors (Lipinski definition) is 1. The number of hydrogen-bond acceptors (Lipinski definition) is 5. The molecule has 0 spiro atoms. The lowest BCUT2D eigenvalue weighted by Crippen LogP contribution is -2.32. The number of carbonyl (C=O) groups is 1. The minimum atomic E-state index is -0.320. The van der Waals surface area contributed by atoms with Crippen molar-refractivity contribution in [3.63, 3.8) is 0 Å². The fraction of sp³-hybridized carbons (Fsp3) is 0.429. The van der Waals surface area contributed by atoms with Gasteiger partial charge in [0.15, 0.2) is 11.5 Å². The van der Waals surface area contributed by atoms with Gasteiger partial charge in [0.1, 0.15) is 0 Å². The molecule has 1 N–H and O–H groups in total. The van der Waals surface area contributed by atoms with Crippen LogP contribution in [0.5, 0.6) is 17.2 Å². The summed E-state index contributed by atoms with van der Waals surface area (Å²) in [5, 5.41) is 11.2. The SMILES string of the molecule is COc1cc(NC(=O)N(C)CCC#N)cc(OC)c1OC.